The average Bonchev–Trinajstić information content (AvgIpc) is 2.62. The second-order valence-corrected chi connectivity index (χ2v) is 7.41. The fraction of sp³-hybridized carbons (Fsp3) is 0.750. The van der Waals surface area contributed by atoms with Gasteiger partial charge >= 0.3 is 16.4 Å². The van der Waals surface area contributed by atoms with E-state index in [1.807, 2.05) is 0 Å². The van der Waals surface area contributed by atoms with E-state index >= 15 is 0 Å². The highest BCUT2D eigenvalue weighted by atomic mass is 32.3. The van der Waals surface area contributed by atoms with Crippen molar-refractivity contribution in [2.75, 3.05) is 12.6 Å². The number of nitrogens with zero attached hydrogens (tertiary/aromatic N) is 2. The molecule has 0 radical (unpaired) electrons. The van der Waals surface area contributed by atoms with Gasteiger partial charge < -0.3 is 4.90 Å². The van der Waals surface area contributed by atoms with Crippen LogP contribution in [0.25, 0.3) is 0 Å². The molecule has 2 amide bonds. The van der Waals surface area contributed by atoms with E-state index in [9.17, 15) is 26.0 Å². The number of sulfonamides is 1. The fourth-order valence-electron chi connectivity index (χ4n) is 2.39. The summed E-state index contributed by atoms with van der Waals surface area (Å²) in [7, 11) is -9.19. The van der Waals surface area contributed by atoms with Gasteiger partial charge in [-0.2, -0.15) is 13.5 Å². The molecule has 0 aromatic carbocycles. The minimum absolute atomic E-state index is 0.0151. The van der Waals surface area contributed by atoms with Crippen LogP contribution in [0.2, 0.25) is 0 Å². The van der Waals surface area contributed by atoms with Crippen molar-refractivity contribution in [1.29, 1.82) is 5.41 Å². The summed E-state index contributed by atoms with van der Waals surface area (Å²) in [4.78, 5) is 13.0. The van der Waals surface area contributed by atoms with Gasteiger partial charge in [0.15, 0.2) is 0 Å². The zero-order valence-electron chi connectivity index (χ0n) is 11.0. The summed E-state index contributed by atoms with van der Waals surface area (Å²) in [6.45, 7) is -0.0151. The van der Waals surface area contributed by atoms with Gasteiger partial charge in [-0.1, -0.05) is 0 Å². The molecule has 2 unspecified atom stereocenters. The second kappa shape index (κ2) is 5.60. The van der Waals surface area contributed by atoms with Crippen LogP contribution < -0.4 is 4.72 Å². The Morgan fingerprint density at radius 2 is 2.05 bits per heavy atom. The van der Waals surface area contributed by atoms with Gasteiger partial charge in [0.1, 0.15) is 5.84 Å². The molecule has 0 aromatic rings. The number of hydroxylamine groups is 2. The number of nitrogens with one attached hydrogen (secondary N) is 2. The predicted molar refractivity (Wildman–Crippen MR) is 69.1 cm³/mol. The molecule has 3 N–H and O–H groups in total. The Balaban J connectivity index is 2.14. The first-order valence-corrected chi connectivity index (χ1v) is 8.97. The summed E-state index contributed by atoms with van der Waals surface area (Å²) in [5.74, 6) is -0.599. The number of halogens is 1. The largest absolute Gasteiger partial charge is 0.418 e. The quantitative estimate of drug-likeness (QED) is 0.316. The summed E-state index contributed by atoms with van der Waals surface area (Å²) in [6, 6.07) is -4.29. The minimum Gasteiger partial charge on any atom is -0.310 e. The number of piperidine rings is 1. The van der Waals surface area contributed by atoms with E-state index in [0.29, 0.717) is 5.06 Å². The molecule has 0 spiro atoms. The Morgan fingerprint density at radius 3 is 2.59 bits per heavy atom. The lowest BCUT2D eigenvalue weighted by Crippen LogP contribution is -2.50. The van der Waals surface area contributed by atoms with E-state index < -0.39 is 50.4 Å². The minimum atomic E-state index is -4.89. The number of fused-ring (bicyclic) bond motifs is 2. The molecular weight excluding hydrogens is 347 g/mol. The lowest BCUT2D eigenvalue weighted by molar-refractivity contribution is -0.0316. The molecule has 14 heteroatoms. The summed E-state index contributed by atoms with van der Waals surface area (Å²) in [5, 5.41) is 8.12. The number of alkyl halides is 1. The molecular formula is C8H13FN4O7S2. The molecule has 22 heavy (non-hydrogen) atoms. The first-order valence-electron chi connectivity index (χ1n) is 5.96. The van der Waals surface area contributed by atoms with Crippen LogP contribution in [0, 0.1) is 5.41 Å². The van der Waals surface area contributed by atoms with Crippen molar-refractivity contribution >= 4 is 32.3 Å². The first-order chi connectivity index (χ1) is 10.0. The highest BCUT2D eigenvalue weighted by molar-refractivity contribution is 7.89. The van der Waals surface area contributed by atoms with Crippen molar-refractivity contribution in [2.45, 2.75) is 24.9 Å². The normalized spacial score (nSPS) is 25.5. The Kier molecular flexibility index (Phi) is 4.29. The van der Waals surface area contributed by atoms with Crippen LogP contribution in [0.5, 0.6) is 0 Å². The van der Waals surface area contributed by atoms with Crippen LogP contribution in [-0.2, 0) is 24.7 Å². The van der Waals surface area contributed by atoms with Crippen molar-refractivity contribution < 1.29 is 34.9 Å². The third kappa shape index (κ3) is 3.45. The molecule has 126 valence electrons. The molecule has 0 saturated carbocycles. The van der Waals surface area contributed by atoms with Gasteiger partial charge in [-0.3, -0.25) is 14.7 Å². The van der Waals surface area contributed by atoms with Gasteiger partial charge in [0, 0.05) is 6.54 Å². The third-order valence-electron chi connectivity index (χ3n) is 3.24. The molecule has 2 saturated heterocycles. The zero-order valence-corrected chi connectivity index (χ0v) is 12.6. The smallest absolute Gasteiger partial charge is 0.310 e. The van der Waals surface area contributed by atoms with Crippen LogP contribution in [-0.4, -0.2) is 67.9 Å². The molecule has 2 rings (SSSR count). The maximum Gasteiger partial charge on any atom is 0.418 e. The Labute approximate surface area is 125 Å². The van der Waals surface area contributed by atoms with Crippen LogP contribution in [0.15, 0.2) is 0 Å². The maximum absolute atomic E-state index is 12.3. The Hall–Kier alpha value is -1.51. The molecule has 2 aliphatic rings. The van der Waals surface area contributed by atoms with E-state index in [1.54, 1.807) is 4.72 Å². The fourth-order valence-corrected chi connectivity index (χ4v) is 3.31. The van der Waals surface area contributed by atoms with Gasteiger partial charge in [-0.15, -0.1) is 4.28 Å². The monoisotopic (exact) mass is 360 g/mol. The molecule has 2 atom stereocenters. The number of urea groups is 1. The van der Waals surface area contributed by atoms with Crippen molar-refractivity contribution in [3.63, 3.8) is 0 Å². The van der Waals surface area contributed by atoms with Crippen LogP contribution >= 0.6 is 0 Å². The molecule has 2 fully saturated rings. The van der Waals surface area contributed by atoms with E-state index in [4.69, 9.17) is 9.96 Å². The van der Waals surface area contributed by atoms with E-state index in [0.717, 1.165) is 4.90 Å². The lowest BCUT2D eigenvalue weighted by atomic mass is 10.0. The number of hydrogen-bond acceptors (Lipinski definition) is 7. The molecule has 11 nitrogen and oxygen atoms in total. The summed E-state index contributed by atoms with van der Waals surface area (Å²) in [5.41, 5.74) is 0. The van der Waals surface area contributed by atoms with Crippen LogP contribution in [0.1, 0.15) is 12.8 Å². The number of carbonyl (C=O) groups excluding carboxylic acids is 1. The highest BCUT2D eigenvalue weighted by Crippen LogP contribution is 2.30. The summed E-state index contributed by atoms with van der Waals surface area (Å²) >= 11 is 0. The third-order valence-corrected chi connectivity index (χ3v) is 4.41. The van der Waals surface area contributed by atoms with Gasteiger partial charge in [0.25, 0.3) is 10.0 Å². The van der Waals surface area contributed by atoms with Crippen molar-refractivity contribution in [1.82, 2.24) is 14.7 Å². The van der Waals surface area contributed by atoms with Gasteiger partial charge in [-0.25, -0.2) is 17.6 Å². The van der Waals surface area contributed by atoms with Gasteiger partial charge in [-0.05, 0) is 12.8 Å². The lowest BCUT2D eigenvalue weighted by Gasteiger charge is -2.30. The van der Waals surface area contributed by atoms with Crippen LogP contribution in [0.4, 0.5) is 9.18 Å². The number of hydrogen-bond donors (Lipinski definition) is 3. The maximum atomic E-state index is 12.3. The number of carbonyl (C=O) groups is 1. The number of rotatable bonds is 5. The molecule has 2 bridgehead atoms. The molecule has 2 heterocycles. The molecule has 0 aliphatic carbocycles. The average molecular weight is 360 g/mol. The highest BCUT2D eigenvalue weighted by Gasteiger charge is 2.48. The van der Waals surface area contributed by atoms with Crippen molar-refractivity contribution in [3.8, 4) is 0 Å². The Bertz CT molecular complexity index is 693. The van der Waals surface area contributed by atoms with E-state index in [-0.39, 0.29) is 19.4 Å². The number of amides is 2. The van der Waals surface area contributed by atoms with E-state index in [2.05, 4.69) is 4.28 Å². The zero-order chi connectivity index (χ0) is 16.7. The molecule has 0 aromatic heterocycles. The standard InChI is InChI=1S/C8H13FN4O7S2/c9-4-21(15,16)11-7(10)6-2-1-5-3-12(6)8(14)13(5)20-22(17,18)19/h5-6H,1-4H2,(H2,10,11)(H,17,18,19). The predicted octanol–water partition coefficient (Wildman–Crippen LogP) is -1.19. The number of amidine groups is 1. The SMILES string of the molecule is N=C(NS(=O)(=O)CF)C1CCC2CN1C(=O)N2OS(=O)(=O)O. The second-order valence-electron chi connectivity index (χ2n) is 4.75. The van der Waals surface area contributed by atoms with Crippen molar-refractivity contribution in [3.05, 3.63) is 0 Å². The molecule has 2 aliphatic heterocycles. The van der Waals surface area contributed by atoms with Crippen molar-refractivity contribution in [2.24, 2.45) is 0 Å². The Morgan fingerprint density at radius 1 is 1.41 bits per heavy atom. The summed E-state index contributed by atoms with van der Waals surface area (Å²) in [6.07, 6.45) is 0.359. The first kappa shape index (κ1) is 16.9. The van der Waals surface area contributed by atoms with Gasteiger partial charge in [0.2, 0.25) is 6.01 Å². The van der Waals surface area contributed by atoms with Crippen LogP contribution in [0.3, 0.4) is 0 Å². The van der Waals surface area contributed by atoms with E-state index in [1.165, 1.54) is 0 Å². The summed E-state index contributed by atoms with van der Waals surface area (Å²) < 4.78 is 70.4. The van der Waals surface area contributed by atoms with Gasteiger partial charge in [0.05, 0.1) is 12.1 Å². The topological polar surface area (TPSA) is 157 Å².